The van der Waals surface area contributed by atoms with E-state index in [9.17, 15) is 0 Å². The van der Waals surface area contributed by atoms with Crippen LogP contribution in [0.1, 0.15) is 19.8 Å². The molecule has 0 unspecified atom stereocenters. The average Bonchev–Trinajstić information content (AvgIpc) is 2.90. The van der Waals surface area contributed by atoms with Crippen molar-refractivity contribution in [2.75, 3.05) is 31.1 Å². The van der Waals surface area contributed by atoms with Gasteiger partial charge in [0, 0.05) is 25.7 Å². The van der Waals surface area contributed by atoms with Gasteiger partial charge in [0.05, 0.1) is 12.8 Å². The second kappa shape index (κ2) is 5.51. The van der Waals surface area contributed by atoms with Crippen molar-refractivity contribution >= 4 is 17.5 Å². The standard InChI is InChI=1S/C13H19ClN4O/c1-2-19-12-10(14)7-16-13(17-12)18-5-3-4-9-6-15-8-11(9)18/h7,9,11,15H,2-6,8H2,1H3/t9-,11+/m0/s1. The Morgan fingerprint density at radius 2 is 2.42 bits per heavy atom. The van der Waals surface area contributed by atoms with Crippen LogP contribution in [0, 0.1) is 5.92 Å². The minimum Gasteiger partial charge on any atom is -0.477 e. The molecule has 3 heterocycles. The molecule has 2 fully saturated rings. The highest BCUT2D eigenvalue weighted by Crippen LogP contribution is 2.31. The van der Waals surface area contributed by atoms with Crippen LogP contribution in [0.5, 0.6) is 5.88 Å². The molecule has 6 heteroatoms. The number of ether oxygens (including phenoxy) is 1. The first kappa shape index (κ1) is 12.9. The van der Waals surface area contributed by atoms with Gasteiger partial charge in [-0.2, -0.15) is 4.98 Å². The number of hydrogen-bond donors (Lipinski definition) is 1. The molecule has 19 heavy (non-hydrogen) atoms. The summed E-state index contributed by atoms with van der Waals surface area (Å²) in [5.74, 6) is 1.94. The van der Waals surface area contributed by atoms with Gasteiger partial charge in [0.1, 0.15) is 5.02 Å². The van der Waals surface area contributed by atoms with Crippen LogP contribution in [-0.4, -0.2) is 42.3 Å². The SMILES string of the molecule is CCOc1nc(N2CCC[C@H]3CNC[C@H]32)ncc1Cl. The van der Waals surface area contributed by atoms with Crippen molar-refractivity contribution in [3.05, 3.63) is 11.2 Å². The summed E-state index contributed by atoms with van der Waals surface area (Å²) in [6.07, 6.45) is 4.12. The Morgan fingerprint density at radius 3 is 3.26 bits per heavy atom. The second-order valence-electron chi connectivity index (χ2n) is 5.08. The van der Waals surface area contributed by atoms with Crippen LogP contribution in [0.15, 0.2) is 6.20 Å². The molecule has 1 N–H and O–H groups in total. The molecule has 0 saturated carbocycles. The fourth-order valence-electron chi connectivity index (χ4n) is 3.04. The summed E-state index contributed by atoms with van der Waals surface area (Å²) in [5, 5.41) is 3.94. The molecule has 2 aliphatic rings. The molecule has 0 spiro atoms. The fraction of sp³-hybridized carbons (Fsp3) is 0.692. The largest absolute Gasteiger partial charge is 0.477 e. The van der Waals surface area contributed by atoms with Gasteiger partial charge in [-0.3, -0.25) is 0 Å². The maximum Gasteiger partial charge on any atom is 0.237 e. The number of fused-ring (bicyclic) bond motifs is 1. The third-order valence-electron chi connectivity index (χ3n) is 3.92. The normalized spacial score (nSPS) is 26.3. The number of anilines is 1. The summed E-state index contributed by atoms with van der Waals surface area (Å²) >= 11 is 6.04. The highest BCUT2D eigenvalue weighted by Gasteiger charge is 2.36. The Labute approximate surface area is 118 Å². The van der Waals surface area contributed by atoms with Gasteiger partial charge in [-0.1, -0.05) is 11.6 Å². The lowest BCUT2D eigenvalue weighted by molar-refractivity contribution is 0.324. The monoisotopic (exact) mass is 282 g/mol. The number of nitrogens with zero attached hydrogens (tertiary/aromatic N) is 3. The van der Waals surface area contributed by atoms with Crippen molar-refractivity contribution in [1.29, 1.82) is 0 Å². The summed E-state index contributed by atoms with van der Waals surface area (Å²) in [6.45, 7) is 5.61. The maximum atomic E-state index is 6.04. The maximum absolute atomic E-state index is 6.04. The van der Waals surface area contributed by atoms with E-state index in [-0.39, 0.29) is 0 Å². The number of piperidine rings is 1. The van der Waals surface area contributed by atoms with Gasteiger partial charge in [0.15, 0.2) is 0 Å². The molecular weight excluding hydrogens is 264 g/mol. The number of aromatic nitrogens is 2. The van der Waals surface area contributed by atoms with Gasteiger partial charge in [0.25, 0.3) is 0 Å². The van der Waals surface area contributed by atoms with E-state index < -0.39 is 0 Å². The summed E-state index contributed by atoms with van der Waals surface area (Å²) in [5.41, 5.74) is 0. The lowest BCUT2D eigenvalue weighted by atomic mass is 9.92. The summed E-state index contributed by atoms with van der Waals surface area (Å²) in [7, 11) is 0. The van der Waals surface area contributed by atoms with Gasteiger partial charge in [0.2, 0.25) is 11.8 Å². The molecule has 2 atom stereocenters. The average molecular weight is 283 g/mol. The van der Waals surface area contributed by atoms with E-state index in [1.54, 1.807) is 6.20 Å². The quantitative estimate of drug-likeness (QED) is 0.915. The molecule has 2 aliphatic heterocycles. The van der Waals surface area contributed by atoms with Crippen LogP contribution in [0.25, 0.3) is 0 Å². The van der Waals surface area contributed by atoms with Gasteiger partial charge >= 0.3 is 0 Å². The van der Waals surface area contributed by atoms with E-state index in [1.807, 2.05) is 6.92 Å². The van der Waals surface area contributed by atoms with E-state index in [1.165, 1.54) is 12.8 Å². The lowest BCUT2D eigenvalue weighted by Gasteiger charge is -2.37. The van der Waals surface area contributed by atoms with Crippen molar-refractivity contribution in [2.24, 2.45) is 5.92 Å². The molecule has 104 valence electrons. The van der Waals surface area contributed by atoms with Crippen LogP contribution in [0.2, 0.25) is 5.02 Å². The first-order valence-electron chi connectivity index (χ1n) is 6.92. The zero-order chi connectivity index (χ0) is 13.2. The van der Waals surface area contributed by atoms with Gasteiger partial charge in [-0.05, 0) is 25.7 Å². The topological polar surface area (TPSA) is 50.3 Å². The predicted octanol–water partition coefficient (Wildman–Crippen LogP) is 1.72. The van der Waals surface area contributed by atoms with Crippen LogP contribution in [0.3, 0.4) is 0 Å². The summed E-state index contributed by atoms with van der Waals surface area (Å²) < 4.78 is 5.45. The van der Waals surface area contributed by atoms with Crippen molar-refractivity contribution in [1.82, 2.24) is 15.3 Å². The Morgan fingerprint density at radius 1 is 1.53 bits per heavy atom. The number of halogens is 1. The first-order chi connectivity index (χ1) is 9.29. The third-order valence-corrected chi connectivity index (χ3v) is 4.17. The Kier molecular flexibility index (Phi) is 3.75. The fourth-order valence-corrected chi connectivity index (χ4v) is 3.18. The number of rotatable bonds is 3. The van der Waals surface area contributed by atoms with Crippen molar-refractivity contribution in [2.45, 2.75) is 25.8 Å². The van der Waals surface area contributed by atoms with Crippen LogP contribution >= 0.6 is 11.6 Å². The molecule has 1 aromatic heterocycles. The molecule has 3 rings (SSSR count). The minimum absolute atomic E-state index is 0.476. The number of hydrogen-bond acceptors (Lipinski definition) is 5. The molecule has 2 saturated heterocycles. The van der Waals surface area contributed by atoms with Gasteiger partial charge in [-0.25, -0.2) is 4.98 Å². The molecule has 0 aromatic carbocycles. The highest BCUT2D eigenvalue weighted by molar-refractivity contribution is 6.31. The van der Waals surface area contributed by atoms with Crippen molar-refractivity contribution < 1.29 is 4.74 Å². The molecule has 1 aromatic rings. The van der Waals surface area contributed by atoms with Crippen LogP contribution < -0.4 is 15.0 Å². The first-order valence-corrected chi connectivity index (χ1v) is 7.30. The lowest BCUT2D eigenvalue weighted by Crippen LogP contribution is -2.46. The van der Waals surface area contributed by atoms with E-state index in [0.717, 1.165) is 25.6 Å². The molecule has 0 bridgehead atoms. The van der Waals surface area contributed by atoms with Crippen molar-refractivity contribution in [3.8, 4) is 5.88 Å². The van der Waals surface area contributed by atoms with Gasteiger partial charge < -0.3 is 15.0 Å². The smallest absolute Gasteiger partial charge is 0.237 e. The van der Waals surface area contributed by atoms with Crippen molar-refractivity contribution in [3.63, 3.8) is 0 Å². The minimum atomic E-state index is 0.476. The molecular formula is C13H19ClN4O. The van der Waals surface area contributed by atoms with Crippen LogP contribution in [-0.2, 0) is 0 Å². The van der Waals surface area contributed by atoms with Gasteiger partial charge in [-0.15, -0.1) is 0 Å². The molecule has 0 aliphatic carbocycles. The highest BCUT2D eigenvalue weighted by atomic mass is 35.5. The van der Waals surface area contributed by atoms with E-state index >= 15 is 0 Å². The molecule has 0 amide bonds. The Hall–Kier alpha value is -1.07. The van der Waals surface area contributed by atoms with E-state index in [0.29, 0.717) is 29.5 Å². The Bertz CT molecular complexity index is 456. The third kappa shape index (κ3) is 2.49. The zero-order valence-corrected chi connectivity index (χ0v) is 11.9. The second-order valence-corrected chi connectivity index (χ2v) is 5.48. The predicted molar refractivity (Wildman–Crippen MR) is 74.9 cm³/mol. The van der Waals surface area contributed by atoms with E-state index in [2.05, 4.69) is 20.2 Å². The molecule has 5 nitrogen and oxygen atoms in total. The van der Waals surface area contributed by atoms with Crippen LogP contribution in [0.4, 0.5) is 5.95 Å². The van der Waals surface area contributed by atoms with E-state index in [4.69, 9.17) is 16.3 Å². The summed E-state index contributed by atoms with van der Waals surface area (Å²) in [6, 6.07) is 0.504. The number of nitrogens with one attached hydrogen (secondary N) is 1. The summed E-state index contributed by atoms with van der Waals surface area (Å²) in [4.78, 5) is 11.2. The Balaban J connectivity index is 1.86. The molecule has 0 radical (unpaired) electrons. The zero-order valence-electron chi connectivity index (χ0n) is 11.1.